The van der Waals surface area contributed by atoms with Crippen LogP contribution in [0.25, 0.3) is 5.76 Å². The first-order valence-corrected chi connectivity index (χ1v) is 13.7. The molecule has 1 amide bonds. The summed E-state index contributed by atoms with van der Waals surface area (Å²) in [4.78, 5) is 28.9. The SMILES string of the molecule is COc1c(Cl)cc(/C(O)=C2/C(=O)C(=O)N(c3ccc(OCc4ccccc4)cc3)C2c2cccs2)c(OC)c1Cl. The maximum Gasteiger partial charge on any atom is 0.300 e. The molecule has 0 saturated carbocycles. The van der Waals surface area contributed by atoms with Crippen LogP contribution in [-0.2, 0) is 16.2 Å². The highest BCUT2D eigenvalue weighted by Gasteiger charge is 2.47. The second-order valence-corrected chi connectivity index (χ2v) is 10.5. The molecular formula is C30H23Cl2NO6S. The number of benzene rings is 3. The van der Waals surface area contributed by atoms with E-state index in [0.29, 0.717) is 22.9 Å². The van der Waals surface area contributed by atoms with Gasteiger partial charge in [0.2, 0.25) is 0 Å². The molecule has 1 aliphatic heterocycles. The summed E-state index contributed by atoms with van der Waals surface area (Å²) in [7, 11) is 2.76. The van der Waals surface area contributed by atoms with Crippen LogP contribution in [0.4, 0.5) is 5.69 Å². The Morgan fingerprint density at radius 3 is 2.27 bits per heavy atom. The Bertz CT molecular complexity index is 1590. The van der Waals surface area contributed by atoms with Crippen LogP contribution in [-0.4, -0.2) is 31.0 Å². The van der Waals surface area contributed by atoms with Gasteiger partial charge in [-0.25, -0.2) is 0 Å². The van der Waals surface area contributed by atoms with Crippen molar-refractivity contribution in [2.24, 2.45) is 0 Å². The monoisotopic (exact) mass is 595 g/mol. The number of thiophene rings is 1. The van der Waals surface area contributed by atoms with E-state index in [9.17, 15) is 14.7 Å². The van der Waals surface area contributed by atoms with Crippen LogP contribution in [0, 0.1) is 0 Å². The molecule has 1 atom stereocenters. The maximum atomic E-state index is 13.5. The molecule has 1 unspecified atom stereocenters. The lowest BCUT2D eigenvalue weighted by Crippen LogP contribution is -2.29. The smallest absolute Gasteiger partial charge is 0.300 e. The zero-order chi connectivity index (χ0) is 28.4. The maximum absolute atomic E-state index is 13.5. The van der Waals surface area contributed by atoms with E-state index in [2.05, 4.69) is 0 Å². The van der Waals surface area contributed by atoms with E-state index < -0.39 is 23.5 Å². The fourth-order valence-electron chi connectivity index (χ4n) is 4.55. The van der Waals surface area contributed by atoms with Gasteiger partial charge in [-0.3, -0.25) is 14.5 Å². The van der Waals surface area contributed by atoms with E-state index >= 15 is 0 Å². The first-order valence-electron chi connectivity index (χ1n) is 12.1. The van der Waals surface area contributed by atoms with Crippen molar-refractivity contribution in [3.8, 4) is 17.2 Å². The molecule has 0 radical (unpaired) electrons. The van der Waals surface area contributed by atoms with E-state index in [1.54, 1.807) is 30.3 Å². The zero-order valence-electron chi connectivity index (χ0n) is 21.4. The van der Waals surface area contributed by atoms with Crippen molar-refractivity contribution in [1.29, 1.82) is 0 Å². The third kappa shape index (κ3) is 5.01. The fraction of sp³-hybridized carbons (Fsp3) is 0.133. The van der Waals surface area contributed by atoms with Crippen LogP contribution in [0.5, 0.6) is 17.2 Å². The number of ketones is 1. The number of anilines is 1. The molecule has 1 fully saturated rings. The summed E-state index contributed by atoms with van der Waals surface area (Å²) in [6, 6.07) is 20.7. The Kier molecular flexibility index (Phi) is 8.02. The van der Waals surface area contributed by atoms with Crippen molar-refractivity contribution in [2.45, 2.75) is 12.6 Å². The first kappa shape index (κ1) is 27.6. The summed E-state index contributed by atoms with van der Waals surface area (Å²) in [5, 5.41) is 13.5. The predicted molar refractivity (Wildman–Crippen MR) is 156 cm³/mol. The number of carbonyl (C=O) groups is 2. The summed E-state index contributed by atoms with van der Waals surface area (Å²) in [5.41, 5.74) is 1.42. The van der Waals surface area contributed by atoms with Gasteiger partial charge in [-0.15, -0.1) is 11.3 Å². The lowest BCUT2D eigenvalue weighted by molar-refractivity contribution is -0.132. The van der Waals surface area contributed by atoms with Crippen LogP contribution in [0.15, 0.2) is 83.7 Å². The van der Waals surface area contributed by atoms with E-state index in [1.807, 2.05) is 41.8 Å². The van der Waals surface area contributed by atoms with Crippen molar-refractivity contribution in [1.82, 2.24) is 0 Å². The van der Waals surface area contributed by atoms with Gasteiger partial charge in [-0.1, -0.05) is 59.6 Å². The number of hydrogen-bond acceptors (Lipinski definition) is 7. The molecule has 1 saturated heterocycles. The number of hydrogen-bond donors (Lipinski definition) is 1. The van der Waals surface area contributed by atoms with Gasteiger partial charge in [-0.2, -0.15) is 0 Å². The number of halogens is 2. The minimum atomic E-state index is -0.902. The lowest BCUT2D eigenvalue weighted by atomic mass is 9.99. The number of amides is 1. The van der Waals surface area contributed by atoms with Crippen molar-refractivity contribution in [2.75, 3.05) is 19.1 Å². The summed E-state index contributed by atoms with van der Waals surface area (Å²) in [5.74, 6) is -1.31. The first-order chi connectivity index (χ1) is 19.3. The molecule has 7 nitrogen and oxygen atoms in total. The Hall–Kier alpha value is -3.98. The fourth-order valence-corrected chi connectivity index (χ4v) is 6.06. The topological polar surface area (TPSA) is 85.3 Å². The molecule has 1 aliphatic rings. The van der Waals surface area contributed by atoms with Crippen molar-refractivity contribution >= 4 is 57.7 Å². The lowest BCUT2D eigenvalue weighted by Gasteiger charge is -2.24. The molecular weight excluding hydrogens is 573 g/mol. The second-order valence-electron chi connectivity index (χ2n) is 8.74. The van der Waals surface area contributed by atoms with Gasteiger partial charge in [0.15, 0.2) is 11.5 Å². The molecule has 40 heavy (non-hydrogen) atoms. The van der Waals surface area contributed by atoms with Crippen LogP contribution in [0.1, 0.15) is 22.0 Å². The summed E-state index contributed by atoms with van der Waals surface area (Å²) in [6.07, 6.45) is 0. The van der Waals surface area contributed by atoms with Gasteiger partial charge in [0.1, 0.15) is 29.2 Å². The number of carbonyl (C=O) groups excluding carboxylic acids is 2. The van der Waals surface area contributed by atoms with Gasteiger partial charge in [0, 0.05) is 10.6 Å². The zero-order valence-corrected chi connectivity index (χ0v) is 23.7. The van der Waals surface area contributed by atoms with E-state index in [1.165, 1.54) is 36.5 Å². The van der Waals surface area contributed by atoms with Gasteiger partial charge < -0.3 is 19.3 Å². The normalized spacial score (nSPS) is 16.3. The van der Waals surface area contributed by atoms with Crippen LogP contribution >= 0.6 is 34.5 Å². The van der Waals surface area contributed by atoms with E-state index in [4.69, 9.17) is 37.4 Å². The molecule has 204 valence electrons. The quantitative estimate of drug-likeness (QED) is 0.131. The van der Waals surface area contributed by atoms with Crippen LogP contribution in [0.2, 0.25) is 10.0 Å². The number of ether oxygens (including phenoxy) is 3. The minimum absolute atomic E-state index is 0.0204. The Morgan fingerprint density at radius 1 is 0.950 bits per heavy atom. The number of nitrogens with zero attached hydrogens (tertiary/aromatic N) is 1. The molecule has 2 heterocycles. The summed E-state index contributed by atoms with van der Waals surface area (Å²) >= 11 is 14.1. The molecule has 0 aliphatic carbocycles. The Balaban J connectivity index is 1.56. The standard InChI is InChI=1S/C30H23Cl2NO6S/c1-37-28-20(15-21(31)29(38-2)24(28)32)26(34)23-25(22-9-6-14-40-22)33(30(36)27(23)35)18-10-12-19(13-11-18)39-16-17-7-4-3-5-8-17/h3-15,25,34H,16H2,1-2H3/b26-23-. The number of aliphatic hydroxyl groups excluding tert-OH is 1. The van der Waals surface area contributed by atoms with Gasteiger partial charge >= 0.3 is 0 Å². The molecule has 1 N–H and O–H groups in total. The van der Waals surface area contributed by atoms with Crippen molar-refractivity contribution in [3.05, 3.63) is 110 Å². The third-order valence-electron chi connectivity index (χ3n) is 6.41. The number of methoxy groups -OCH3 is 2. The van der Waals surface area contributed by atoms with Crippen molar-refractivity contribution < 1.29 is 28.9 Å². The van der Waals surface area contributed by atoms with Gasteiger partial charge in [0.25, 0.3) is 11.7 Å². The summed E-state index contributed by atoms with van der Waals surface area (Å²) < 4.78 is 16.6. The summed E-state index contributed by atoms with van der Waals surface area (Å²) in [6.45, 7) is 0.384. The van der Waals surface area contributed by atoms with Crippen LogP contribution in [0.3, 0.4) is 0 Å². The largest absolute Gasteiger partial charge is 0.507 e. The highest BCUT2D eigenvalue weighted by atomic mass is 35.5. The molecule has 1 aromatic heterocycles. The van der Waals surface area contributed by atoms with Crippen molar-refractivity contribution in [3.63, 3.8) is 0 Å². The van der Waals surface area contributed by atoms with E-state index in [0.717, 1.165) is 5.56 Å². The highest BCUT2D eigenvalue weighted by Crippen LogP contribution is 2.48. The van der Waals surface area contributed by atoms with Gasteiger partial charge in [-0.05, 0) is 47.3 Å². The average molecular weight is 596 g/mol. The predicted octanol–water partition coefficient (Wildman–Crippen LogP) is 7.28. The molecule has 0 bridgehead atoms. The minimum Gasteiger partial charge on any atom is -0.507 e. The highest BCUT2D eigenvalue weighted by molar-refractivity contribution is 7.10. The molecule has 10 heteroatoms. The molecule has 0 spiro atoms. The van der Waals surface area contributed by atoms with E-state index in [-0.39, 0.29) is 32.7 Å². The third-order valence-corrected chi connectivity index (χ3v) is 7.96. The number of Topliss-reactive ketones (excluding diaryl/α,β-unsaturated/α-hetero) is 1. The average Bonchev–Trinajstić information content (AvgIpc) is 3.59. The molecule has 4 aromatic rings. The second kappa shape index (κ2) is 11.6. The molecule has 5 rings (SSSR count). The molecule has 3 aromatic carbocycles. The van der Waals surface area contributed by atoms with Crippen LogP contribution < -0.4 is 19.1 Å². The number of aliphatic hydroxyl groups is 1. The Morgan fingerprint density at radius 2 is 1.65 bits per heavy atom. The Labute approximate surface area is 244 Å². The van der Waals surface area contributed by atoms with Gasteiger partial charge in [0.05, 0.1) is 30.4 Å². The number of rotatable bonds is 8.